The minimum Gasteiger partial charge on any atom is -0.380 e. The number of hydrogen-bond acceptors (Lipinski definition) is 2. The molecule has 0 saturated carbocycles. The fourth-order valence-electron chi connectivity index (χ4n) is 1.84. The molecule has 0 fully saturated rings. The van der Waals surface area contributed by atoms with Crippen molar-refractivity contribution in [1.82, 2.24) is 5.32 Å². The number of rotatable bonds is 7. The zero-order chi connectivity index (χ0) is 12.7. The van der Waals surface area contributed by atoms with Crippen molar-refractivity contribution in [3.63, 3.8) is 0 Å². The maximum Gasteiger partial charge on any atom is 0.0661 e. The largest absolute Gasteiger partial charge is 0.380 e. The number of aryl methyl sites for hydroxylation is 1. The van der Waals surface area contributed by atoms with Crippen LogP contribution in [-0.2, 0) is 4.74 Å². The van der Waals surface area contributed by atoms with Crippen LogP contribution in [0.4, 0.5) is 0 Å². The van der Waals surface area contributed by atoms with E-state index in [2.05, 4.69) is 25.2 Å². The topological polar surface area (TPSA) is 21.3 Å². The number of ether oxygens (including phenoxy) is 1. The second kappa shape index (κ2) is 7.70. The lowest BCUT2D eigenvalue weighted by Gasteiger charge is -2.20. The molecule has 96 valence electrons. The highest BCUT2D eigenvalue weighted by atomic mass is 35.5. The van der Waals surface area contributed by atoms with Gasteiger partial charge in [0.2, 0.25) is 0 Å². The summed E-state index contributed by atoms with van der Waals surface area (Å²) in [5.74, 6) is 0. The van der Waals surface area contributed by atoms with Crippen molar-refractivity contribution in [3.05, 3.63) is 34.3 Å². The van der Waals surface area contributed by atoms with Gasteiger partial charge >= 0.3 is 0 Å². The van der Waals surface area contributed by atoms with E-state index < -0.39 is 0 Å². The smallest absolute Gasteiger partial charge is 0.0661 e. The molecule has 1 aromatic rings. The van der Waals surface area contributed by atoms with Gasteiger partial charge < -0.3 is 10.1 Å². The molecule has 1 atom stereocenters. The van der Waals surface area contributed by atoms with E-state index in [1.165, 1.54) is 11.1 Å². The van der Waals surface area contributed by atoms with E-state index in [-0.39, 0.29) is 6.04 Å². The molecule has 0 heterocycles. The highest BCUT2D eigenvalue weighted by Crippen LogP contribution is 2.21. The van der Waals surface area contributed by atoms with Crippen LogP contribution in [0.25, 0.3) is 0 Å². The Morgan fingerprint density at radius 2 is 2.12 bits per heavy atom. The third kappa shape index (κ3) is 4.66. The van der Waals surface area contributed by atoms with Crippen LogP contribution in [0.3, 0.4) is 0 Å². The van der Waals surface area contributed by atoms with Gasteiger partial charge in [-0.3, -0.25) is 0 Å². The van der Waals surface area contributed by atoms with E-state index in [9.17, 15) is 0 Å². The average Bonchev–Trinajstić information content (AvgIpc) is 2.30. The van der Waals surface area contributed by atoms with Crippen LogP contribution in [-0.4, -0.2) is 19.8 Å². The molecule has 1 rings (SSSR count). The summed E-state index contributed by atoms with van der Waals surface area (Å²) in [5, 5.41) is 4.30. The second-order valence-corrected chi connectivity index (χ2v) is 4.60. The summed E-state index contributed by atoms with van der Waals surface area (Å²) >= 11 is 5.98. The van der Waals surface area contributed by atoms with Crippen molar-refractivity contribution in [2.45, 2.75) is 33.2 Å². The van der Waals surface area contributed by atoms with Gasteiger partial charge in [0.05, 0.1) is 12.6 Å². The molecule has 3 heteroatoms. The first-order chi connectivity index (χ1) is 8.19. The first-order valence-electron chi connectivity index (χ1n) is 6.26. The van der Waals surface area contributed by atoms with Crippen LogP contribution in [0.15, 0.2) is 18.2 Å². The Kier molecular flexibility index (Phi) is 6.56. The minimum absolute atomic E-state index is 0.257. The predicted octanol–water partition coefficient (Wildman–Crippen LogP) is 3.73. The van der Waals surface area contributed by atoms with Gasteiger partial charge in [-0.25, -0.2) is 0 Å². The van der Waals surface area contributed by atoms with Crippen molar-refractivity contribution < 1.29 is 4.74 Å². The van der Waals surface area contributed by atoms with Crippen LogP contribution < -0.4 is 5.32 Å². The Balaban J connectivity index is 2.79. The van der Waals surface area contributed by atoms with E-state index in [0.29, 0.717) is 6.61 Å². The number of nitrogens with one attached hydrogen (secondary N) is 1. The molecule has 0 spiro atoms. The molecule has 2 nitrogen and oxygen atoms in total. The van der Waals surface area contributed by atoms with Crippen molar-refractivity contribution in [2.75, 3.05) is 19.8 Å². The summed E-state index contributed by atoms with van der Waals surface area (Å²) in [5.41, 5.74) is 2.49. The molecule has 0 aliphatic carbocycles. The molecule has 17 heavy (non-hydrogen) atoms. The van der Waals surface area contributed by atoms with Gasteiger partial charge in [0.15, 0.2) is 0 Å². The summed E-state index contributed by atoms with van der Waals surface area (Å²) in [6.07, 6.45) is 1.12. The fraction of sp³-hybridized carbons (Fsp3) is 0.571. The molecule has 0 aromatic heterocycles. The lowest BCUT2D eigenvalue weighted by molar-refractivity contribution is 0.123. The van der Waals surface area contributed by atoms with Crippen molar-refractivity contribution >= 4 is 11.6 Å². The summed E-state index contributed by atoms with van der Waals surface area (Å²) in [7, 11) is 0. The highest BCUT2D eigenvalue weighted by molar-refractivity contribution is 6.30. The third-order valence-electron chi connectivity index (χ3n) is 2.74. The standard InChI is InChI=1S/C14H22ClNO/c1-4-8-16-14(10-17-5-2)13-7-6-12(15)9-11(13)3/h6-7,9,14,16H,4-5,8,10H2,1-3H3. The lowest BCUT2D eigenvalue weighted by Crippen LogP contribution is -2.27. The van der Waals surface area contributed by atoms with Gasteiger partial charge in [-0.15, -0.1) is 0 Å². The lowest BCUT2D eigenvalue weighted by atomic mass is 10.0. The van der Waals surface area contributed by atoms with Crippen molar-refractivity contribution in [1.29, 1.82) is 0 Å². The maximum atomic E-state index is 5.98. The first-order valence-corrected chi connectivity index (χ1v) is 6.64. The quantitative estimate of drug-likeness (QED) is 0.802. The van der Waals surface area contributed by atoms with E-state index in [0.717, 1.165) is 24.6 Å². The van der Waals surface area contributed by atoms with Gasteiger partial charge in [-0.05, 0) is 50.1 Å². The summed E-state index contributed by atoms with van der Waals surface area (Å²) in [4.78, 5) is 0. The average molecular weight is 256 g/mol. The monoisotopic (exact) mass is 255 g/mol. The predicted molar refractivity (Wildman–Crippen MR) is 73.7 cm³/mol. The molecule has 1 unspecified atom stereocenters. The van der Waals surface area contributed by atoms with E-state index in [1.54, 1.807) is 0 Å². The molecular weight excluding hydrogens is 234 g/mol. The normalized spacial score (nSPS) is 12.7. The molecule has 0 saturated heterocycles. The Hall–Kier alpha value is -0.570. The summed E-state index contributed by atoms with van der Waals surface area (Å²) in [6.45, 7) is 8.73. The van der Waals surface area contributed by atoms with Crippen LogP contribution >= 0.6 is 11.6 Å². The molecule has 0 amide bonds. The Morgan fingerprint density at radius 3 is 2.71 bits per heavy atom. The van der Waals surface area contributed by atoms with E-state index >= 15 is 0 Å². The molecule has 1 aromatic carbocycles. The van der Waals surface area contributed by atoms with Crippen LogP contribution in [0, 0.1) is 6.92 Å². The Morgan fingerprint density at radius 1 is 1.35 bits per heavy atom. The zero-order valence-corrected chi connectivity index (χ0v) is 11.7. The number of hydrogen-bond donors (Lipinski definition) is 1. The van der Waals surface area contributed by atoms with Crippen LogP contribution in [0.5, 0.6) is 0 Å². The SMILES string of the molecule is CCCNC(COCC)c1ccc(Cl)cc1C. The van der Waals surface area contributed by atoms with Crippen LogP contribution in [0.2, 0.25) is 5.02 Å². The van der Waals surface area contributed by atoms with Crippen molar-refractivity contribution in [2.24, 2.45) is 0 Å². The van der Waals surface area contributed by atoms with Gasteiger partial charge in [0.1, 0.15) is 0 Å². The van der Waals surface area contributed by atoms with Gasteiger partial charge in [-0.1, -0.05) is 24.6 Å². The molecule has 0 radical (unpaired) electrons. The molecule has 0 bridgehead atoms. The molecule has 1 N–H and O–H groups in total. The first kappa shape index (κ1) is 14.5. The van der Waals surface area contributed by atoms with Crippen LogP contribution in [0.1, 0.15) is 37.4 Å². The Labute approximate surface area is 109 Å². The Bertz CT molecular complexity index is 333. The van der Waals surface area contributed by atoms with Gasteiger partial charge in [0.25, 0.3) is 0 Å². The molecule has 0 aliphatic heterocycles. The molecule has 0 aliphatic rings. The zero-order valence-electron chi connectivity index (χ0n) is 10.9. The van der Waals surface area contributed by atoms with E-state index in [1.807, 2.05) is 19.1 Å². The number of halogens is 1. The highest BCUT2D eigenvalue weighted by Gasteiger charge is 2.13. The minimum atomic E-state index is 0.257. The summed E-state index contributed by atoms with van der Waals surface area (Å²) in [6, 6.07) is 6.29. The van der Waals surface area contributed by atoms with E-state index in [4.69, 9.17) is 16.3 Å². The fourth-order valence-corrected chi connectivity index (χ4v) is 2.07. The van der Waals surface area contributed by atoms with Gasteiger partial charge in [0, 0.05) is 11.6 Å². The summed E-state index contributed by atoms with van der Waals surface area (Å²) < 4.78 is 5.54. The number of benzene rings is 1. The molecular formula is C14H22ClNO. The van der Waals surface area contributed by atoms with Gasteiger partial charge in [-0.2, -0.15) is 0 Å². The van der Waals surface area contributed by atoms with Crippen molar-refractivity contribution in [3.8, 4) is 0 Å². The third-order valence-corrected chi connectivity index (χ3v) is 2.97. The second-order valence-electron chi connectivity index (χ2n) is 4.17. The maximum absolute atomic E-state index is 5.98.